The molecule has 1 aromatic rings. The molecule has 90 valence electrons. The maximum absolute atomic E-state index is 5.56. The average Bonchev–Trinajstić information content (AvgIpc) is 2.73. The summed E-state index contributed by atoms with van der Waals surface area (Å²) in [6.07, 6.45) is 7.60. The Bertz CT molecular complexity index is 323. The summed E-state index contributed by atoms with van der Waals surface area (Å²) in [5, 5.41) is 4.46. The van der Waals surface area contributed by atoms with Crippen LogP contribution in [0, 0.1) is 6.92 Å². The highest BCUT2D eigenvalue weighted by Gasteiger charge is 2.20. The molecule has 2 nitrogen and oxygen atoms in total. The molecule has 1 aliphatic carbocycles. The lowest BCUT2D eigenvalue weighted by Crippen LogP contribution is -2.34. The van der Waals surface area contributed by atoms with Crippen molar-refractivity contribution in [2.75, 3.05) is 6.26 Å². The summed E-state index contributed by atoms with van der Waals surface area (Å²) in [5.41, 5.74) is 0. The highest BCUT2D eigenvalue weighted by atomic mass is 32.2. The van der Waals surface area contributed by atoms with E-state index in [1.807, 2.05) is 24.8 Å². The Morgan fingerprint density at radius 3 is 3.00 bits per heavy atom. The molecule has 1 aliphatic rings. The predicted molar refractivity (Wildman–Crippen MR) is 69.8 cm³/mol. The second-order valence-corrected chi connectivity index (χ2v) is 5.75. The lowest BCUT2D eigenvalue weighted by molar-refractivity contribution is 0.360. The van der Waals surface area contributed by atoms with Crippen LogP contribution in [0.25, 0.3) is 0 Å². The molecule has 3 heteroatoms. The third kappa shape index (κ3) is 3.29. The van der Waals surface area contributed by atoms with Gasteiger partial charge < -0.3 is 9.73 Å². The van der Waals surface area contributed by atoms with E-state index in [4.69, 9.17) is 4.42 Å². The number of hydrogen-bond donors (Lipinski definition) is 1. The van der Waals surface area contributed by atoms with Gasteiger partial charge in [-0.2, -0.15) is 11.8 Å². The first-order chi connectivity index (χ1) is 7.78. The van der Waals surface area contributed by atoms with Gasteiger partial charge in [0.05, 0.1) is 6.54 Å². The average molecular weight is 239 g/mol. The number of thioether (sulfide) groups is 1. The number of nitrogens with one attached hydrogen (secondary N) is 1. The summed E-state index contributed by atoms with van der Waals surface area (Å²) < 4.78 is 5.56. The van der Waals surface area contributed by atoms with E-state index < -0.39 is 0 Å². The minimum absolute atomic E-state index is 0.677. The summed E-state index contributed by atoms with van der Waals surface area (Å²) in [7, 11) is 0. The SMILES string of the molecule is CSC1CCCC(NCc2ccc(C)o2)C1. The molecule has 1 fully saturated rings. The van der Waals surface area contributed by atoms with Gasteiger partial charge in [0, 0.05) is 11.3 Å². The van der Waals surface area contributed by atoms with Crippen molar-refractivity contribution in [1.29, 1.82) is 0 Å². The van der Waals surface area contributed by atoms with Gasteiger partial charge in [0.2, 0.25) is 0 Å². The Morgan fingerprint density at radius 2 is 2.31 bits per heavy atom. The minimum Gasteiger partial charge on any atom is -0.465 e. The summed E-state index contributed by atoms with van der Waals surface area (Å²) in [6.45, 7) is 2.87. The molecular formula is C13H21NOS. The van der Waals surface area contributed by atoms with E-state index >= 15 is 0 Å². The molecule has 0 aliphatic heterocycles. The molecule has 0 bridgehead atoms. The van der Waals surface area contributed by atoms with Crippen molar-refractivity contribution in [2.45, 2.75) is 50.4 Å². The first kappa shape index (κ1) is 12.1. The molecule has 0 radical (unpaired) electrons. The largest absolute Gasteiger partial charge is 0.465 e. The van der Waals surface area contributed by atoms with Gasteiger partial charge in [-0.3, -0.25) is 0 Å². The van der Waals surface area contributed by atoms with Crippen LogP contribution < -0.4 is 5.32 Å². The zero-order valence-electron chi connectivity index (χ0n) is 10.2. The lowest BCUT2D eigenvalue weighted by Gasteiger charge is -2.28. The predicted octanol–water partition coefficient (Wildman–Crippen LogP) is 3.35. The molecule has 1 saturated carbocycles. The molecule has 0 amide bonds. The fourth-order valence-corrected chi connectivity index (χ4v) is 3.20. The molecule has 0 aromatic carbocycles. The minimum atomic E-state index is 0.677. The van der Waals surface area contributed by atoms with Crippen LogP contribution in [0.15, 0.2) is 16.5 Å². The zero-order valence-corrected chi connectivity index (χ0v) is 11.0. The van der Waals surface area contributed by atoms with Gasteiger partial charge in [0.1, 0.15) is 11.5 Å². The first-order valence-corrected chi connectivity index (χ1v) is 7.38. The van der Waals surface area contributed by atoms with E-state index in [1.54, 1.807) is 0 Å². The van der Waals surface area contributed by atoms with Crippen LogP contribution in [-0.4, -0.2) is 17.5 Å². The maximum atomic E-state index is 5.56. The van der Waals surface area contributed by atoms with E-state index in [1.165, 1.54) is 25.7 Å². The summed E-state index contributed by atoms with van der Waals surface area (Å²) >= 11 is 2.01. The highest BCUT2D eigenvalue weighted by molar-refractivity contribution is 7.99. The number of rotatable bonds is 4. The molecular weight excluding hydrogens is 218 g/mol. The van der Waals surface area contributed by atoms with Crippen LogP contribution >= 0.6 is 11.8 Å². The summed E-state index contributed by atoms with van der Waals surface area (Å²) in [4.78, 5) is 0. The molecule has 1 aromatic heterocycles. The third-order valence-electron chi connectivity index (χ3n) is 3.32. The molecule has 1 N–H and O–H groups in total. The van der Waals surface area contributed by atoms with E-state index in [9.17, 15) is 0 Å². The van der Waals surface area contributed by atoms with Gasteiger partial charge in [-0.1, -0.05) is 6.42 Å². The van der Waals surface area contributed by atoms with Crippen molar-refractivity contribution >= 4 is 11.8 Å². The van der Waals surface area contributed by atoms with Crippen molar-refractivity contribution in [2.24, 2.45) is 0 Å². The fraction of sp³-hybridized carbons (Fsp3) is 0.692. The van der Waals surface area contributed by atoms with Crippen molar-refractivity contribution in [1.82, 2.24) is 5.32 Å². The Morgan fingerprint density at radius 1 is 1.44 bits per heavy atom. The van der Waals surface area contributed by atoms with Crippen molar-refractivity contribution in [3.8, 4) is 0 Å². The molecule has 2 unspecified atom stereocenters. The van der Waals surface area contributed by atoms with Gasteiger partial charge in [0.15, 0.2) is 0 Å². The van der Waals surface area contributed by atoms with Crippen LogP contribution in [0.4, 0.5) is 0 Å². The Labute approximate surface area is 102 Å². The Kier molecular flexibility index (Phi) is 4.36. The van der Waals surface area contributed by atoms with Crippen molar-refractivity contribution < 1.29 is 4.42 Å². The zero-order chi connectivity index (χ0) is 11.4. The molecule has 0 saturated heterocycles. The van der Waals surface area contributed by atoms with Gasteiger partial charge in [0.25, 0.3) is 0 Å². The third-order valence-corrected chi connectivity index (χ3v) is 4.42. The quantitative estimate of drug-likeness (QED) is 0.872. The molecule has 1 heterocycles. The van der Waals surface area contributed by atoms with Gasteiger partial charge in [-0.15, -0.1) is 0 Å². The monoisotopic (exact) mass is 239 g/mol. The first-order valence-electron chi connectivity index (χ1n) is 6.09. The summed E-state index contributed by atoms with van der Waals surface area (Å²) in [6, 6.07) is 4.77. The van der Waals surface area contributed by atoms with E-state index in [2.05, 4.69) is 17.6 Å². The van der Waals surface area contributed by atoms with Crippen LogP contribution in [0.2, 0.25) is 0 Å². The van der Waals surface area contributed by atoms with E-state index in [-0.39, 0.29) is 0 Å². The van der Waals surface area contributed by atoms with Crippen LogP contribution in [-0.2, 0) is 6.54 Å². The number of furan rings is 1. The maximum Gasteiger partial charge on any atom is 0.117 e. The van der Waals surface area contributed by atoms with Crippen molar-refractivity contribution in [3.63, 3.8) is 0 Å². The number of aryl methyl sites for hydroxylation is 1. The van der Waals surface area contributed by atoms with E-state index in [0.717, 1.165) is 23.3 Å². The van der Waals surface area contributed by atoms with E-state index in [0.29, 0.717) is 6.04 Å². The second-order valence-electron chi connectivity index (χ2n) is 4.61. The normalized spacial score (nSPS) is 25.9. The van der Waals surface area contributed by atoms with Crippen LogP contribution in [0.3, 0.4) is 0 Å². The summed E-state index contributed by atoms with van der Waals surface area (Å²) in [5.74, 6) is 2.06. The molecule has 0 spiro atoms. The van der Waals surface area contributed by atoms with Gasteiger partial charge in [-0.25, -0.2) is 0 Å². The smallest absolute Gasteiger partial charge is 0.117 e. The van der Waals surface area contributed by atoms with Gasteiger partial charge >= 0.3 is 0 Å². The van der Waals surface area contributed by atoms with Crippen LogP contribution in [0.1, 0.15) is 37.2 Å². The molecule has 16 heavy (non-hydrogen) atoms. The molecule has 2 rings (SSSR count). The standard InChI is InChI=1S/C13H21NOS/c1-10-6-7-12(15-10)9-14-11-4-3-5-13(8-11)16-2/h6-7,11,13-14H,3-5,8-9H2,1-2H3. The Balaban J connectivity index is 1.77. The van der Waals surface area contributed by atoms with Crippen LogP contribution in [0.5, 0.6) is 0 Å². The number of hydrogen-bond acceptors (Lipinski definition) is 3. The Hall–Kier alpha value is -0.410. The lowest BCUT2D eigenvalue weighted by atomic mass is 9.95. The van der Waals surface area contributed by atoms with Gasteiger partial charge in [-0.05, 0) is 44.6 Å². The highest BCUT2D eigenvalue weighted by Crippen LogP contribution is 2.27. The topological polar surface area (TPSA) is 25.2 Å². The second kappa shape index (κ2) is 5.78. The molecule has 2 atom stereocenters. The fourth-order valence-electron chi connectivity index (χ4n) is 2.37. The van der Waals surface area contributed by atoms with Crippen molar-refractivity contribution in [3.05, 3.63) is 23.7 Å².